The molecule has 0 aliphatic heterocycles. The number of nitrogens with two attached hydrogens (primary N) is 1. The molecule has 1 aliphatic carbocycles. The molecule has 5 heteroatoms. The molecule has 2 N–H and O–H groups in total. The minimum Gasteiger partial charge on any atom is -0.399 e. The van der Waals surface area contributed by atoms with Crippen molar-refractivity contribution in [2.45, 2.75) is 31.4 Å². The van der Waals surface area contributed by atoms with Crippen LogP contribution in [0, 0.1) is 5.92 Å². The molecule has 0 bridgehead atoms. The van der Waals surface area contributed by atoms with Crippen molar-refractivity contribution in [3.8, 4) is 0 Å². The second-order valence-electron chi connectivity index (χ2n) is 5.10. The van der Waals surface area contributed by atoms with E-state index < -0.39 is 9.84 Å². The lowest BCUT2D eigenvalue weighted by Crippen LogP contribution is -2.15. The lowest BCUT2D eigenvalue weighted by molar-refractivity contribution is 0.558. The molecule has 2 rings (SSSR count). The monoisotopic (exact) mass is 331 g/mol. The smallest absolute Gasteiger partial charge is 0.154 e. The van der Waals surface area contributed by atoms with Crippen molar-refractivity contribution in [3.63, 3.8) is 0 Å². The van der Waals surface area contributed by atoms with Crippen molar-refractivity contribution in [1.82, 2.24) is 0 Å². The van der Waals surface area contributed by atoms with Gasteiger partial charge in [0.1, 0.15) is 0 Å². The number of sulfone groups is 1. The summed E-state index contributed by atoms with van der Waals surface area (Å²) in [6.45, 7) is 0. The first kappa shape index (κ1) is 13.9. The van der Waals surface area contributed by atoms with E-state index in [9.17, 15) is 8.42 Å². The van der Waals surface area contributed by atoms with Crippen molar-refractivity contribution in [1.29, 1.82) is 0 Å². The summed E-state index contributed by atoms with van der Waals surface area (Å²) < 4.78 is 25.1. The van der Waals surface area contributed by atoms with Gasteiger partial charge in [-0.2, -0.15) is 0 Å². The Kier molecular flexibility index (Phi) is 4.33. The van der Waals surface area contributed by atoms with E-state index in [0.29, 0.717) is 17.4 Å². The summed E-state index contributed by atoms with van der Waals surface area (Å²) in [5.74, 6) is 0.770. The highest BCUT2D eigenvalue weighted by Gasteiger charge is 2.22. The van der Waals surface area contributed by atoms with Gasteiger partial charge in [-0.1, -0.05) is 28.8 Å². The molecule has 1 aliphatic rings. The summed E-state index contributed by atoms with van der Waals surface area (Å²) in [6, 6.07) is 5.33. The Hall–Kier alpha value is -0.550. The van der Waals surface area contributed by atoms with Gasteiger partial charge in [-0.3, -0.25) is 0 Å². The Bertz CT molecular complexity index is 502. The highest BCUT2D eigenvalue weighted by atomic mass is 79.9. The molecular weight excluding hydrogens is 314 g/mol. The number of halogens is 1. The molecule has 0 atom stereocenters. The van der Waals surface area contributed by atoms with Crippen LogP contribution in [-0.2, 0) is 15.6 Å². The van der Waals surface area contributed by atoms with Crippen molar-refractivity contribution in [2.24, 2.45) is 5.92 Å². The highest BCUT2D eigenvalue weighted by molar-refractivity contribution is 9.10. The van der Waals surface area contributed by atoms with Gasteiger partial charge in [0.25, 0.3) is 0 Å². The Morgan fingerprint density at radius 1 is 1.22 bits per heavy atom. The summed E-state index contributed by atoms with van der Waals surface area (Å²) in [4.78, 5) is 0. The predicted molar refractivity (Wildman–Crippen MR) is 78.0 cm³/mol. The van der Waals surface area contributed by atoms with Crippen molar-refractivity contribution < 1.29 is 8.42 Å². The Morgan fingerprint density at radius 3 is 2.50 bits per heavy atom. The minimum atomic E-state index is -3.03. The van der Waals surface area contributed by atoms with Crippen LogP contribution in [0.4, 0.5) is 5.69 Å². The molecule has 100 valence electrons. The summed E-state index contributed by atoms with van der Waals surface area (Å²) in [7, 11) is -3.03. The van der Waals surface area contributed by atoms with Gasteiger partial charge in [-0.15, -0.1) is 0 Å². The first-order chi connectivity index (χ1) is 8.44. The van der Waals surface area contributed by atoms with Gasteiger partial charge in [0.15, 0.2) is 9.84 Å². The van der Waals surface area contributed by atoms with Crippen molar-refractivity contribution in [3.05, 3.63) is 28.2 Å². The highest BCUT2D eigenvalue weighted by Crippen LogP contribution is 2.27. The third kappa shape index (κ3) is 3.99. The molecule has 1 saturated carbocycles. The van der Waals surface area contributed by atoms with E-state index >= 15 is 0 Å². The zero-order valence-electron chi connectivity index (χ0n) is 10.2. The quantitative estimate of drug-likeness (QED) is 0.862. The standard InChI is InChI=1S/C13H18BrNO2S/c14-12-5-11(6-13(15)7-12)9-18(16,17)8-10-3-1-2-4-10/h5-7,10H,1-4,8-9,15H2. The molecule has 3 nitrogen and oxygen atoms in total. The van der Waals surface area contributed by atoms with E-state index in [2.05, 4.69) is 15.9 Å². The van der Waals surface area contributed by atoms with E-state index in [4.69, 9.17) is 5.73 Å². The van der Waals surface area contributed by atoms with Gasteiger partial charge in [0, 0.05) is 10.2 Å². The van der Waals surface area contributed by atoms with Gasteiger partial charge in [0.05, 0.1) is 11.5 Å². The lowest BCUT2D eigenvalue weighted by Gasteiger charge is -2.10. The first-order valence-corrected chi connectivity index (χ1v) is 8.81. The molecule has 0 radical (unpaired) electrons. The maximum atomic E-state index is 12.1. The summed E-state index contributed by atoms with van der Waals surface area (Å²) in [5.41, 5.74) is 7.07. The fourth-order valence-corrected chi connectivity index (χ4v) is 5.01. The second kappa shape index (κ2) is 5.61. The molecule has 18 heavy (non-hydrogen) atoms. The number of hydrogen-bond acceptors (Lipinski definition) is 3. The van der Waals surface area contributed by atoms with Gasteiger partial charge >= 0.3 is 0 Å². The SMILES string of the molecule is Nc1cc(Br)cc(CS(=O)(=O)CC2CCCC2)c1. The molecule has 0 spiro atoms. The largest absolute Gasteiger partial charge is 0.399 e. The molecule has 0 aromatic heterocycles. The Balaban J connectivity index is 2.06. The van der Waals surface area contributed by atoms with Gasteiger partial charge in [-0.05, 0) is 42.5 Å². The van der Waals surface area contributed by atoms with E-state index in [1.807, 2.05) is 6.07 Å². The maximum absolute atomic E-state index is 12.1. The van der Waals surface area contributed by atoms with Crippen LogP contribution in [0.3, 0.4) is 0 Å². The first-order valence-electron chi connectivity index (χ1n) is 6.20. The van der Waals surface area contributed by atoms with Crippen LogP contribution in [-0.4, -0.2) is 14.2 Å². The fourth-order valence-electron chi connectivity index (χ4n) is 2.61. The average molecular weight is 332 g/mol. The topological polar surface area (TPSA) is 60.2 Å². The average Bonchev–Trinajstić information content (AvgIpc) is 2.66. The van der Waals surface area contributed by atoms with E-state index in [1.54, 1.807) is 12.1 Å². The van der Waals surface area contributed by atoms with Crippen LogP contribution >= 0.6 is 15.9 Å². The molecule has 0 unspecified atom stereocenters. The second-order valence-corrected chi connectivity index (χ2v) is 8.12. The van der Waals surface area contributed by atoms with Crippen LogP contribution in [0.15, 0.2) is 22.7 Å². The maximum Gasteiger partial charge on any atom is 0.154 e. The third-order valence-electron chi connectivity index (χ3n) is 3.33. The van der Waals surface area contributed by atoms with E-state index in [-0.39, 0.29) is 5.75 Å². The molecule has 1 aromatic rings. The van der Waals surface area contributed by atoms with Gasteiger partial charge in [-0.25, -0.2) is 8.42 Å². The zero-order valence-corrected chi connectivity index (χ0v) is 12.6. The van der Waals surface area contributed by atoms with Crippen LogP contribution < -0.4 is 5.73 Å². The number of nitrogen functional groups attached to an aromatic ring is 1. The van der Waals surface area contributed by atoms with E-state index in [0.717, 1.165) is 22.9 Å². The summed E-state index contributed by atoms with van der Waals surface area (Å²) in [5, 5.41) is 0. The number of benzene rings is 1. The molecular formula is C13H18BrNO2S. The molecule has 1 aromatic carbocycles. The number of rotatable bonds is 4. The van der Waals surface area contributed by atoms with Gasteiger partial charge < -0.3 is 5.73 Å². The molecule has 1 fully saturated rings. The van der Waals surface area contributed by atoms with E-state index in [1.165, 1.54) is 12.8 Å². The Labute approximate surface area is 117 Å². The molecule has 0 heterocycles. The van der Waals surface area contributed by atoms with Crippen molar-refractivity contribution in [2.75, 3.05) is 11.5 Å². The number of hydrogen-bond donors (Lipinski definition) is 1. The predicted octanol–water partition coefficient (Wildman–Crippen LogP) is 3.14. The zero-order chi connectivity index (χ0) is 13.2. The normalized spacial score (nSPS) is 17.2. The van der Waals surface area contributed by atoms with Crippen LogP contribution in [0.25, 0.3) is 0 Å². The van der Waals surface area contributed by atoms with Gasteiger partial charge in [0.2, 0.25) is 0 Å². The fraction of sp³-hybridized carbons (Fsp3) is 0.538. The summed E-state index contributed by atoms with van der Waals surface area (Å²) >= 11 is 3.33. The number of anilines is 1. The lowest BCUT2D eigenvalue weighted by atomic mass is 10.1. The van der Waals surface area contributed by atoms with Crippen molar-refractivity contribution >= 4 is 31.5 Å². The summed E-state index contributed by atoms with van der Waals surface area (Å²) in [6.07, 6.45) is 4.45. The van der Waals surface area contributed by atoms with Crippen LogP contribution in [0.5, 0.6) is 0 Å². The third-order valence-corrected chi connectivity index (χ3v) is 5.54. The molecule has 0 saturated heterocycles. The van der Waals surface area contributed by atoms with Crippen LogP contribution in [0.1, 0.15) is 31.2 Å². The molecule has 0 amide bonds. The van der Waals surface area contributed by atoms with Crippen LogP contribution in [0.2, 0.25) is 0 Å². The minimum absolute atomic E-state index is 0.0904. The Morgan fingerprint density at radius 2 is 1.89 bits per heavy atom.